The number of imidazole rings is 1. The van der Waals surface area contributed by atoms with Crippen LogP contribution in [0.1, 0.15) is 11.4 Å². The van der Waals surface area contributed by atoms with Gasteiger partial charge in [-0.25, -0.2) is 4.98 Å². The van der Waals surface area contributed by atoms with Gasteiger partial charge in [-0.3, -0.25) is 4.21 Å². The Kier molecular flexibility index (Phi) is 5.31. The summed E-state index contributed by atoms with van der Waals surface area (Å²) in [4.78, 5) is 5.04. The van der Waals surface area contributed by atoms with E-state index in [1.165, 1.54) is 0 Å². The third kappa shape index (κ3) is 3.64. The lowest BCUT2D eigenvalue weighted by Gasteiger charge is -2.08. The molecule has 17 heavy (non-hydrogen) atoms. The van der Waals surface area contributed by atoms with Crippen LogP contribution in [0.2, 0.25) is 0 Å². The van der Waals surface area contributed by atoms with Crippen LogP contribution in [-0.2, 0) is 23.6 Å². The van der Waals surface area contributed by atoms with E-state index in [0.717, 1.165) is 16.3 Å². The number of hydrogen-bond donors (Lipinski definition) is 1. The van der Waals surface area contributed by atoms with E-state index in [-0.39, 0.29) is 0 Å². The monoisotopic (exact) mass is 253 g/mol. The van der Waals surface area contributed by atoms with Crippen molar-refractivity contribution < 1.29 is 4.21 Å². The molecule has 4 nitrogen and oxygen atoms in total. The molecule has 0 aromatic carbocycles. The minimum Gasteiger partial charge on any atom is -0.337 e. The predicted molar refractivity (Wildman–Crippen MR) is 72.0 cm³/mol. The number of rotatable bonds is 6. The zero-order valence-corrected chi connectivity index (χ0v) is 11.4. The molecule has 0 aliphatic rings. The first kappa shape index (κ1) is 13.9. The summed E-state index contributed by atoms with van der Waals surface area (Å²) in [6.07, 6.45) is 5.22. The predicted octanol–water partition coefficient (Wildman–Crippen LogP) is 1.27. The smallest absolute Gasteiger partial charge is 0.0949 e. The maximum Gasteiger partial charge on any atom is 0.0949 e. The van der Waals surface area contributed by atoms with Gasteiger partial charge >= 0.3 is 0 Å². The normalized spacial score (nSPS) is 13.7. The number of aromatic nitrogens is 2. The summed E-state index contributed by atoms with van der Waals surface area (Å²) in [5, 5.41) is 3.01. The van der Waals surface area contributed by atoms with Gasteiger partial charge in [-0.15, -0.1) is 0 Å². The topological polar surface area (TPSA) is 46.9 Å². The standard InChI is InChI=1S/C12H19N3OS/c1-5-6-11(7-13-3)17(16)8-12-10(2)14-9-15(12)4/h5-6,9,13H,1,7-8H2,2-4H3/b11-6+. The second-order valence-electron chi connectivity index (χ2n) is 3.78. The van der Waals surface area contributed by atoms with Gasteiger partial charge in [0.25, 0.3) is 0 Å². The van der Waals surface area contributed by atoms with Crippen molar-refractivity contribution in [1.29, 1.82) is 0 Å². The lowest BCUT2D eigenvalue weighted by atomic mass is 10.4. The zero-order chi connectivity index (χ0) is 12.8. The van der Waals surface area contributed by atoms with Gasteiger partial charge in [0.05, 0.1) is 34.3 Å². The summed E-state index contributed by atoms with van der Waals surface area (Å²) in [7, 11) is 2.71. The molecule has 0 saturated heterocycles. The van der Waals surface area contributed by atoms with Crippen LogP contribution >= 0.6 is 0 Å². The highest BCUT2D eigenvalue weighted by Gasteiger charge is 2.12. The lowest BCUT2D eigenvalue weighted by molar-refractivity contribution is 0.682. The van der Waals surface area contributed by atoms with Crippen LogP contribution in [0.25, 0.3) is 0 Å². The summed E-state index contributed by atoms with van der Waals surface area (Å²) in [5.74, 6) is 0.490. The van der Waals surface area contributed by atoms with E-state index in [0.29, 0.717) is 12.3 Å². The SMILES string of the molecule is C=C/C=C(\CNC)S(=O)Cc1c(C)ncn1C. The Hall–Kier alpha value is -1.20. The van der Waals surface area contributed by atoms with E-state index >= 15 is 0 Å². The number of nitrogens with zero attached hydrogens (tertiary/aromatic N) is 2. The van der Waals surface area contributed by atoms with Gasteiger partial charge in [-0.2, -0.15) is 0 Å². The fraction of sp³-hybridized carbons (Fsp3) is 0.417. The van der Waals surface area contributed by atoms with Gasteiger partial charge in [-0.1, -0.05) is 12.7 Å². The molecule has 0 radical (unpaired) electrons. The molecule has 0 saturated carbocycles. The fourth-order valence-electron chi connectivity index (χ4n) is 1.52. The summed E-state index contributed by atoms with van der Waals surface area (Å²) in [6, 6.07) is 0. The number of allylic oxidation sites excluding steroid dienone is 2. The van der Waals surface area contributed by atoms with Crippen molar-refractivity contribution in [2.24, 2.45) is 7.05 Å². The number of aryl methyl sites for hydroxylation is 2. The van der Waals surface area contributed by atoms with Crippen molar-refractivity contribution in [2.45, 2.75) is 12.7 Å². The fourth-order valence-corrected chi connectivity index (χ4v) is 2.92. The van der Waals surface area contributed by atoms with Crippen LogP contribution in [0, 0.1) is 6.92 Å². The van der Waals surface area contributed by atoms with Crippen molar-refractivity contribution in [1.82, 2.24) is 14.9 Å². The van der Waals surface area contributed by atoms with Crippen LogP contribution in [-0.4, -0.2) is 27.4 Å². The maximum absolute atomic E-state index is 12.2. The third-order valence-corrected chi connectivity index (χ3v) is 3.88. The van der Waals surface area contributed by atoms with E-state index in [2.05, 4.69) is 16.9 Å². The average Bonchev–Trinajstić information content (AvgIpc) is 2.60. The Morgan fingerprint density at radius 2 is 2.41 bits per heavy atom. The van der Waals surface area contributed by atoms with Crippen molar-refractivity contribution >= 4 is 10.8 Å². The number of hydrogen-bond acceptors (Lipinski definition) is 3. The minimum absolute atomic E-state index is 0.490. The molecule has 0 fully saturated rings. The molecule has 1 N–H and O–H groups in total. The van der Waals surface area contributed by atoms with Crippen LogP contribution < -0.4 is 5.32 Å². The summed E-state index contributed by atoms with van der Waals surface area (Å²) in [6.45, 7) is 6.18. The second kappa shape index (κ2) is 6.51. The van der Waals surface area contributed by atoms with Gasteiger partial charge in [0, 0.05) is 18.5 Å². The first-order valence-electron chi connectivity index (χ1n) is 5.41. The van der Waals surface area contributed by atoms with Crippen LogP contribution in [0.5, 0.6) is 0 Å². The maximum atomic E-state index is 12.2. The largest absolute Gasteiger partial charge is 0.337 e. The van der Waals surface area contributed by atoms with E-state index in [4.69, 9.17) is 0 Å². The highest BCUT2D eigenvalue weighted by molar-refractivity contribution is 7.88. The number of nitrogens with one attached hydrogen (secondary N) is 1. The molecule has 1 aromatic rings. The summed E-state index contributed by atoms with van der Waals surface area (Å²) < 4.78 is 14.1. The third-order valence-electron chi connectivity index (χ3n) is 2.48. The van der Waals surface area contributed by atoms with Crippen molar-refractivity contribution in [3.8, 4) is 0 Å². The molecule has 0 spiro atoms. The van der Waals surface area contributed by atoms with E-state index in [1.807, 2.05) is 25.6 Å². The summed E-state index contributed by atoms with van der Waals surface area (Å²) in [5.41, 5.74) is 1.94. The van der Waals surface area contributed by atoms with Crippen LogP contribution in [0.4, 0.5) is 0 Å². The van der Waals surface area contributed by atoms with E-state index in [9.17, 15) is 4.21 Å². The Bertz CT molecular complexity index is 429. The second-order valence-corrected chi connectivity index (χ2v) is 5.28. The number of likely N-dealkylation sites (N-methyl/N-ethyl adjacent to an activating group) is 1. The highest BCUT2D eigenvalue weighted by atomic mass is 32.2. The van der Waals surface area contributed by atoms with Crippen LogP contribution in [0.15, 0.2) is 30.0 Å². The van der Waals surface area contributed by atoms with Gasteiger partial charge in [-0.05, 0) is 20.0 Å². The Balaban J connectivity index is 2.84. The molecule has 1 heterocycles. The van der Waals surface area contributed by atoms with Crippen LogP contribution in [0.3, 0.4) is 0 Å². The molecule has 1 rings (SSSR count). The molecule has 0 aliphatic carbocycles. The highest BCUT2D eigenvalue weighted by Crippen LogP contribution is 2.12. The van der Waals surface area contributed by atoms with Crippen molar-refractivity contribution in [3.05, 3.63) is 41.4 Å². The molecule has 0 amide bonds. The van der Waals surface area contributed by atoms with Crippen molar-refractivity contribution in [3.63, 3.8) is 0 Å². The Labute approximate surface area is 105 Å². The van der Waals surface area contributed by atoms with Crippen molar-refractivity contribution in [2.75, 3.05) is 13.6 Å². The van der Waals surface area contributed by atoms with E-state index in [1.54, 1.807) is 18.5 Å². The quantitative estimate of drug-likeness (QED) is 0.777. The molecular formula is C12H19N3OS. The summed E-state index contributed by atoms with van der Waals surface area (Å²) >= 11 is 0. The molecule has 0 bridgehead atoms. The Morgan fingerprint density at radius 3 is 2.88 bits per heavy atom. The Morgan fingerprint density at radius 1 is 1.71 bits per heavy atom. The molecule has 1 unspecified atom stereocenters. The van der Waals surface area contributed by atoms with Gasteiger partial charge in [0.2, 0.25) is 0 Å². The molecule has 0 aliphatic heterocycles. The molecule has 5 heteroatoms. The minimum atomic E-state index is -1.04. The first-order chi connectivity index (χ1) is 8.10. The van der Waals surface area contributed by atoms with E-state index < -0.39 is 10.8 Å². The molecular weight excluding hydrogens is 234 g/mol. The zero-order valence-electron chi connectivity index (χ0n) is 10.6. The van der Waals surface area contributed by atoms with Gasteiger partial charge in [0.15, 0.2) is 0 Å². The van der Waals surface area contributed by atoms with Gasteiger partial charge in [0.1, 0.15) is 0 Å². The lowest BCUT2D eigenvalue weighted by Crippen LogP contribution is -2.15. The first-order valence-corrected chi connectivity index (χ1v) is 6.73. The average molecular weight is 253 g/mol. The van der Waals surface area contributed by atoms with Gasteiger partial charge < -0.3 is 9.88 Å². The molecule has 94 valence electrons. The molecule has 1 aromatic heterocycles. The molecule has 1 atom stereocenters.